The Morgan fingerprint density at radius 3 is 1.36 bits per heavy atom. The minimum Gasteiger partial charge on any atom is -0.255 e. The van der Waals surface area contributed by atoms with E-state index in [1.165, 1.54) is 16.7 Å². The van der Waals surface area contributed by atoms with Gasteiger partial charge in [-0.2, -0.15) is 0 Å². The highest BCUT2D eigenvalue weighted by Crippen LogP contribution is 2.30. The van der Waals surface area contributed by atoms with Gasteiger partial charge in [0.05, 0.1) is 5.69 Å². The van der Waals surface area contributed by atoms with Crippen molar-refractivity contribution in [3.05, 3.63) is 108 Å². The monoisotopic (exact) mass is 512 g/mol. The zero-order valence-electron chi connectivity index (χ0n) is 23.9. The Kier molecular flexibility index (Phi) is 6.90. The van der Waals surface area contributed by atoms with Crippen LogP contribution in [0.25, 0.3) is 45.4 Å². The number of pyridine rings is 1. The normalized spacial score (nSPS) is 12.0. The maximum absolute atomic E-state index is 4.92. The van der Waals surface area contributed by atoms with E-state index in [9.17, 15) is 0 Å². The van der Waals surface area contributed by atoms with Gasteiger partial charge in [-0.15, -0.1) is 0 Å². The minimum absolute atomic E-state index is 0.0768. The van der Waals surface area contributed by atoms with Crippen molar-refractivity contribution in [3.8, 4) is 45.4 Å². The van der Waals surface area contributed by atoms with E-state index in [2.05, 4.69) is 121 Å². The van der Waals surface area contributed by atoms with Crippen molar-refractivity contribution in [3.63, 3.8) is 0 Å². The predicted octanol–water partition coefficient (Wildman–Crippen LogP) is 8.84. The number of rotatable bonds is 4. The van der Waals surface area contributed by atoms with Crippen molar-refractivity contribution in [2.45, 2.75) is 59.3 Å². The number of nitrogens with zero attached hydrogens (tertiary/aromatic N) is 4. The van der Waals surface area contributed by atoms with Crippen LogP contribution in [0.3, 0.4) is 0 Å². The first kappa shape index (κ1) is 26.4. The summed E-state index contributed by atoms with van der Waals surface area (Å²) in [5.74, 6) is 1.91. The molecule has 0 saturated heterocycles. The van der Waals surface area contributed by atoms with Crippen LogP contribution in [0.1, 0.15) is 58.2 Å². The first-order valence-electron chi connectivity index (χ1n) is 13.5. The van der Waals surface area contributed by atoms with Crippen molar-refractivity contribution >= 4 is 0 Å². The summed E-state index contributed by atoms with van der Waals surface area (Å²) in [6.45, 7) is 15.4. The van der Waals surface area contributed by atoms with Crippen molar-refractivity contribution < 1.29 is 0 Å². The summed E-state index contributed by atoms with van der Waals surface area (Å²) in [6.07, 6.45) is 1.85. The number of hydrogen-bond donors (Lipinski definition) is 0. The highest BCUT2D eigenvalue weighted by atomic mass is 15.0. The van der Waals surface area contributed by atoms with E-state index < -0.39 is 0 Å². The van der Waals surface area contributed by atoms with Gasteiger partial charge in [0.2, 0.25) is 0 Å². The van der Waals surface area contributed by atoms with Gasteiger partial charge in [0, 0.05) is 28.5 Å². The molecule has 0 aliphatic heterocycles. The third kappa shape index (κ3) is 5.96. The fourth-order valence-electron chi connectivity index (χ4n) is 4.50. The van der Waals surface area contributed by atoms with Crippen LogP contribution in [0.15, 0.2) is 91.1 Å². The maximum Gasteiger partial charge on any atom is 0.165 e. The zero-order valence-corrected chi connectivity index (χ0v) is 23.9. The van der Waals surface area contributed by atoms with Gasteiger partial charge in [0.15, 0.2) is 17.5 Å². The second kappa shape index (κ2) is 10.2. The molecule has 2 heterocycles. The highest BCUT2D eigenvalue weighted by molar-refractivity contribution is 5.68. The van der Waals surface area contributed by atoms with Crippen molar-refractivity contribution in [1.29, 1.82) is 0 Å². The maximum atomic E-state index is 4.92. The molecule has 4 heteroatoms. The summed E-state index contributed by atoms with van der Waals surface area (Å²) in [7, 11) is 0. The van der Waals surface area contributed by atoms with Crippen LogP contribution in [0, 0.1) is 6.92 Å². The van der Waals surface area contributed by atoms with Gasteiger partial charge in [0.1, 0.15) is 0 Å². The van der Waals surface area contributed by atoms with Crippen LogP contribution >= 0.6 is 0 Å². The van der Waals surface area contributed by atoms with E-state index in [1.807, 2.05) is 18.3 Å². The molecule has 0 N–H and O–H groups in total. The molecule has 2 aromatic heterocycles. The summed E-state index contributed by atoms with van der Waals surface area (Å²) >= 11 is 0. The van der Waals surface area contributed by atoms with Crippen molar-refractivity contribution in [2.75, 3.05) is 0 Å². The third-order valence-electron chi connectivity index (χ3n) is 6.99. The standard InChI is InChI=1S/C35H36N4/c1-23-9-8-10-26(21-23)30-20-15-27(22-36-30)33-38-31(24-11-16-28(17-12-24)34(2,3)4)37-32(39-33)25-13-18-29(19-14-25)35(5,6)7/h8-22H,1-7H3. The molecule has 0 amide bonds. The highest BCUT2D eigenvalue weighted by Gasteiger charge is 2.17. The average molecular weight is 513 g/mol. The number of aryl methyl sites for hydroxylation is 1. The molecular weight excluding hydrogens is 476 g/mol. The molecule has 0 radical (unpaired) electrons. The molecule has 0 fully saturated rings. The molecule has 0 bridgehead atoms. The summed E-state index contributed by atoms with van der Waals surface area (Å²) in [5, 5.41) is 0. The molecule has 5 rings (SSSR count). The van der Waals surface area contributed by atoms with Crippen molar-refractivity contribution in [1.82, 2.24) is 19.9 Å². The number of hydrogen-bond acceptors (Lipinski definition) is 4. The topological polar surface area (TPSA) is 51.6 Å². The molecule has 0 aliphatic rings. The Bertz CT molecular complexity index is 1510. The molecular formula is C35H36N4. The average Bonchev–Trinajstić information content (AvgIpc) is 2.92. The smallest absolute Gasteiger partial charge is 0.165 e. The largest absolute Gasteiger partial charge is 0.255 e. The third-order valence-corrected chi connectivity index (χ3v) is 6.99. The first-order chi connectivity index (χ1) is 18.5. The lowest BCUT2D eigenvalue weighted by atomic mass is 9.86. The van der Waals surface area contributed by atoms with Gasteiger partial charge in [-0.1, -0.05) is 114 Å². The lowest BCUT2D eigenvalue weighted by Gasteiger charge is -2.19. The molecule has 3 aromatic carbocycles. The summed E-state index contributed by atoms with van der Waals surface area (Å²) in [5.41, 5.74) is 8.70. The quantitative estimate of drug-likeness (QED) is 0.241. The second-order valence-corrected chi connectivity index (χ2v) is 12.3. The minimum atomic E-state index is 0.0768. The fourth-order valence-corrected chi connectivity index (χ4v) is 4.50. The van der Waals surface area contributed by atoms with E-state index >= 15 is 0 Å². The van der Waals surface area contributed by atoms with Crippen LogP contribution in [0.2, 0.25) is 0 Å². The Hall–Kier alpha value is -4.18. The molecule has 0 spiro atoms. The van der Waals surface area contributed by atoms with Gasteiger partial charge >= 0.3 is 0 Å². The summed E-state index contributed by atoms with van der Waals surface area (Å²) < 4.78 is 0. The van der Waals surface area contributed by atoms with E-state index in [-0.39, 0.29) is 10.8 Å². The van der Waals surface area contributed by atoms with Crippen LogP contribution in [0.5, 0.6) is 0 Å². The molecule has 0 saturated carbocycles. The zero-order chi connectivity index (χ0) is 27.8. The Labute approximate surface area is 232 Å². The SMILES string of the molecule is Cc1cccc(-c2ccc(-c3nc(-c4ccc(C(C)(C)C)cc4)nc(-c4ccc(C(C)(C)C)cc4)n3)cn2)c1. The van der Waals surface area contributed by atoms with E-state index in [0.717, 1.165) is 27.9 Å². The molecule has 0 atom stereocenters. The number of benzene rings is 3. The van der Waals surface area contributed by atoms with Gasteiger partial charge in [-0.25, -0.2) is 15.0 Å². The molecule has 4 nitrogen and oxygen atoms in total. The van der Waals surface area contributed by atoms with Crippen LogP contribution < -0.4 is 0 Å². The fraction of sp³-hybridized carbons (Fsp3) is 0.257. The van der Waals surface area contributed by atoms with Gasteiger partial charge in [-0.3, -0.25) is 4.98 Å². The van der Waals surface area contributed by atoms with E-state index in [1.54, 1.807) is 0 Å². The molecule has 5 aromatic rings. The summed E-state index contributed by atoms with van der Waals surface area (Å²) in [6, 6.07) is 29.5. The van der Waals surface area contributed by atoms with Crippen molar-refractivity contribution in [2.24, 2.45) is 0 Å². The Morgan fingerprint density at radius 2 is 0.949 bits per heavy atom. The number of aromatic nitrogens is 4. The molecule has 0 aliphatic carbocycles. The Morgan fingerprint density at radius 1 is 0.487 bits per heavy atom. The molecule has 39 heavy (non-hydrogen) atoms. The lowest BCUT2D eigenvalue weighted by molar-refractivity contribution is 0.590. The van der Waals surface area contributed by atoms with Gasteiger partial charge in [-0.05, 0) is 47.1 Å². The molecule has 0 unspecified atom stereocenters. The Balaban J connectivity index is 1.59. The molecule has 196 valence electrons. The van der Waals surface area contributed by atoms with E-state index in [4.69, 9.17) is 19.9 Å². The lowest BCUT2D eigenvalue weighted by Crippen LogP contribution is -2.10. The van der Waals surface area contributed by atoms with Gasteiger partial charge < -0.3 is 0 Å². The summed E-state index contributed by atoms with van der Waals surface area (Å²) in [4.78, 5) is 19.5. The predicted molar refractivity (Wildman–Crippen MR) is 162 cm³/mol. The van der Waals surface area contributed by atoms with Gasteiger partial charge in [0.25, 0.3) is 0 Å². The van der Waals surface area contributed by atoms with E-state index in [0.29, 0.717) is 17.5 Å². The van der Waals surface area contributed by atoms with Crippen LogP contribution in [0.4, 0.5) is 0 Å². The van der Waals surface area contributed by atoms with Crippen LogP contribution in [-0.4, -0.2) is 19.9 Å². The van der Waals surface area contributed by atoms with Crippen LogP contribution in [-0.2, 0) is 10.8 Å². The second-order valence-electron chi connectivity index (χ2n) is 12.3. The first-order valence-corrected chi connectivity index (χ1v) is 13.5.